The Morgan fingerprint density at radius 2 is 1.84 bits per heavy atom. The summed E-state index contributed by atoms with van der Waals surface area (Å²) < 4.78 is 52.7. The molecule has 0 bridgehead atoms. The predicted molar refractivity (Wildman–Crippen MR) is 68.1 cm³/mol. The molecule has 2 rings (SSSR count). The van der Waals surface area contributed by atoms with Crippen molar-refractivity contribution in [2.75, 3.05) is 0 Å². The minimum absolute atomic E-state index is 0.133. The number of halogens is 2. The summed E-state index contributed by atoms with van der Waals surface area (Å²) in [6.45, 7) is 2.00. The van der Waals surface area contributed by atoms with Crippen molar-refractivity contribution in [3.05, 3.63) is 29.8 Å². The second kappa shape index (κ2) is 5.54. The lowest BCUT2D eigenvalue weighted by atomic mass is 9.87. The summed E-state index contributed by atoms with van der Waals surface area (Å²) in [4.78, 5) is -0.232. The van der Waals surface area contributed by atoms with Gasteiger partial charge in [0.25, 0.3) is 0 Å². The average Bonchev–Trinajstić information content (AvgIpc) is 2.35. The van der Waals surface area contributed by atoms with Gasteiger partial charge in [0, 0.05) is 6.04 Å². The van der Waals surface area contributed by atoms with Gasteiger partial charge in [0.15, 0.2) is 11.6 Å². The van der Waals surface area contributed by atoms with Crippen LogP contribution >= 0.6 is 0 Å². The monoisotopic (exact) mass is 289 g/mol. The molecule has 0 spiro atoms. The lowest BCUT2D eigenvalue weighted by molar-refractivity contribution is 0.310. The topological polar surface area (TPSA) is 46.2 Å². The summed E-state index contributed by atoms with van der Waals surface area (Å²) in [6.07, 6.45) is 3.84. The molecule has 1 aliphatic carbocycles. The molecule has 6 heteroatoms. The van der Waals surface area contributed by atoms with E-state index in [1.807, 2.05) is 6.92 Å². The first-order chi connectivity index (χ1) is 8.90. The molecule has 0 aromatic heterocycles. The smallest absolute Gasteiger partial charge is 0.208 e. The van der Waals surface area contributed by atoms with E-state index in [-0.39, 0.29) is 16.9 Å². The van der Waals surface area contributed by atoms with Crippen LogP contribution in [0.2, 0.25) is 0 Å². The van der Waals surface area contributed by atoms with Crippen LogP contribution < -0.4 is 4.72 Å². The Hall–Kier alpha value is -1.01. The van der Waals surface area contributed by atoms with Gasteiger partial charge in [-0.05, 0) is 37.0 Å². The lowest BCUT2D eigenvalue weighted by Crippen LogP contribution is -2.41. The SMILES string of the molecule is C[C@@H]1CCCC[C@@H]1NS(=O)(=O)c1ccc(F)c(F)c1. The first-order valence-electron chi connectivity index (χ1n) is 6.37. The summed E-state index contributed by atoms with van der Waals surface area (Å²) >= 11 is 0. The summed E-state index contributed by atoms with van der Waals surface area (Å²) in [5, 5.41) is 0. The van der Waals surface area contributed by atoms with Gasteiger partial charge < -0.3 is 0 Å². The van der Waals surface area contributed by atoms with Crippen LogP contribution in [0.25, 0.3) is 0 Å². The van der Waals surface area contributed by atoms with Crippen molar-refractivity contribution in [3.8, 4) is 0 Å². The van der Waals surface area contributed by atoms with Crippen LogP contribution in [0.5, 0.6) is 0 Å². The van der Waals surface area contributed by atoms with Crippen molar-refractivity contribution in [1.82, 2.24) is 4.72 Å². The minimum atomic E-state index is -3.79. The minimum Gasteiger partial charge on any atom is -0.208 e. The van der Waals surface area contributed by atoms with E-state index in [9.17, 15) is 17.2 Å². The van der Waals surface area contributed by atoms with Crippen LogP contribution in [-0.2, 0) is 10.0 Å². The lowest BCUT2D eigenvalue weighted by Gasteiger charge is -2.29. The molecule has 2 atom stereocenters. The van der Waals surface area contributed by atoms with E-state index in [1.54, 1.807) is 0 Å². The second-order valence-corrected chi connectivity index (χ2v) is 6.78. The molecule has 0 saturated heterocycles. The Labute approximate surface area is 112 Å². The van der Waals surface area contributed by atoms with Gasteiger partial charge in [-0.15, -0.1) is 0 Å². The normalized spacial score (nSPS) is 24.4. The van der Waals surface area contributed by atoms with E-state index in [1.165, 1.54) is 0 Å². The zero-order valence-electron chi connectivity index (χ0n) is 10.7. The highest BCUT2D eigenvalue weighted by Crippen LogP contribution is 2.25. The Morgan fingerprint density at radius 1 is 1.16 bits per heavy atom. The van der Waals surface area contributed by atoms with Crippen LogP contribution in [0, 0.1) is 17.6 Å². The predicted octanol–water partition coefficient (Wildman–Crippen LogP) is 2.82. The van der Waals surface area contributed by atoms with E-state index in [0.717, 1.165) is 37.8 Å². The maximum absolute atomic E-state index is 13.1. The van der Waals surface area contributed by atoms with Gasteiger partial charge in [-0.1, -0.05) is 19.8 Å². The number of nitrogens with one attached hydrogen (secondary N) is 1. The van der Waals surface area contributed by atoms with Crippen LogP contribution in [0.3, 0.4) is 0 Å². The zero-order valence-corrected chi connectivity index (χ0v) is 11.5. The fraction of sp³-hybridized carbons (Fsp3) is 0.538. The fourth-order valence-electron chi connectivity index (χ4n) is 2.40. The van der Waals surface area contributed by atoms with E-state index in [0.29, 0.717) is 6.07 Å². The molecule has 19 heavy (non-hydrogen) atoms. The highest BCUT2D eigenvalue weighted by atomic mass is 32.2. The molecule has 0 amide bonds. The van der Waals surface area contributed by atoms with Crippen molar-refractivity contribution in [2.45, 2.75) is 43.5 Å². The number of benzene rings is 1. The summed E-state index contributed by atoms with van der Waals surface area (Å²) in [5.74, 6) is -1.95. The number of sulfonamides is 1. The third-order valence-corrected chi connectivity index (χ3v) is 5.11. The Bertz CT molecular complexity index is 560. The van der Waals surface area contributed by atoms with Gasteiger partial charge in [-0.3, -0.25) is 0 Å². The Morgan fingerprint density at radius 3 is 2.47 bits per heavy atom. The van der Waals surface area contributed by atoms with Gasteiger partial charge in [0.2, 0.25) is 10.0 Å². The zero-order chi connectivity index (χ0) is 14.0. The molecule has 1 aliphatic rings. The number of hydrogen-bond acceptors (Lipinski definition) is 2. The van der Waals surface area contributed by atoms with E-state index >= 15 is 0 Å². The van der Waals surface area contributed by atoms with E-state index in [2.05, 4.69) is 4.72 Å². The van der Waals surface area contributed by atoms with Crippen molar-refractivity contribution in [3.63, 3.8) is 0 Å². The maximum Gasteiger partial charge on any atom is 0.240 e. The van der Waals surface area contributed by atoms with Crippen LogP contribution in [0.1, 0.15) is 32.6 Å². The van der Waals surface area contributed by atoms with Crippen molar-refractivity contribution in [2.24, 2.45) is 5.92 Å². The average molecular weight is 289 g/mol. The molecule has 3 nitrogen and oxygen atoms in total. The van der Waals surface area contributed by atoms with Gasteiger partial charge in [-0.2, -0.15) is 0 Å². The Kier molecular flexibility index (Phi) is 4.20. The molecule has 0 heterocycles. The molecule has 0 unspecified atom stereocenters. The van der Waals surface area contributed by atoms with Crippen molar-refractivity contribution >= 4 is 10.0 Å². The highest BCUT2D eigenvalue weighted by Gasteiger charge is 2.27. The molecular formula is C13H17F2NO2S. The summed E-state index contributed by atoms with van der Waals surface area (Å²) in [7, 11) is -3.79. The number of rotatable bonds is 3. The summed E-state index contributed by atoms with van der Waals surface area (Å²) in [5.41, 5.74) is 0. The maximum atomic E-state index is 13.1. The van der Waals surface area contributed by atoms with Crippen LogP contribution in [0.15, 0.2) is 23.1 Å². The number of hydrogen-bond donors (Lipinski definition) is 1. The molecule has 1 N–H and O–H groups in total. The first kappa shape index (κ1) is 14.4. The van der Waals surface area contributed by atoms with Gasteiger partial charge in [0.05, 0.1) is 4.90 Å². The molecule has 1 saturated carbocycles. The molecule has 1 aromatic carbocycles. The third kappa shape index (κ3) is 3.30. The highest BCUT2D eigenvalue weighted by molar-refractivity contribution is 7.89. The molecule has 1 aromatic rings. The largest absolute Gasteiger partial charge is 0.240 e. The first-order valence-corrected chi connectivity index (χ1v) is 7.86. The fourth-order valence-corrected chi connectivity index (χ4v) is 3.79. The second-order valence-electron chi connectivity index (χ2n) is 5.07. The summed E-state index contributed by atoms with van der Waals surface area (Å²) in [6, 6.07) is 2.49. The molecule has 0 radical (unpaired) electrons. The molecular weight excluding hydrogens is 272 g/mol. The molecule has 106 valence electrons. The van der Waals surface area contributed by atoms with E-state index < -0.39 is 21.7 Å². The van der Waals surface area contributed by atoms with Gasteiger partial charge in [-0.25, -0.2) is 21.9 Å². The van der Waals surface area contributed by atoms with Crippen molar-refractivity contribution < 1.29 is 17.2 Å². The van der Waals surface area contributed by atoms with Crippen LogP contribution in [-0.4, -0.2) is 14.5 Å². The quantitative estimate of drug-likeness (QED) is 0.930. The third-order valence-electron chi connectivity index (χ3n) is 3.62. The molecule has 0 aliphatic heterocycles. The molecule has 1 fully saturated rings. The van der Waals surface area contributed by atoms with Crippen LogP contribution in [0.4, 0.5) is 8.78 Å². The Balaban J connectivity index is 2.19. The van der Waals surface area contributed by atoms with E-state index in [4.69, 9.17) is 0 Å². The van der Waals surface area contributed by atoms with Gasteiger partial charge >= 0.3 is 0 Å². The standard InChI is InChI=1S/C13H17F2NO2S/c1-9-4-2-3-5-13(9)16-19(17,18)10-6-7-11(14)12(15)8-10/h6-9,13,16H,2-5H2,1H3/t9-,13+/m1/s1. The van der Waals surface area contributed by atoms with Gasteiger partial charge in [0.1, 0.15) is 0 Å². The van der Waals surface area contributed by atoms with Crippen molar-refractivity contribution in [1.29, 1.82) is 0 Å².